The Morgan fingerprint density at radius 1 is 0.273 bits per heavy atom. The summed E-state index contributed by atoms with van der Waals surface area (Å²) in [7, 11) is 0. The van der Waals surface area contributed by atoms with Crippen LogP contribution in [0.4, 0.5) is 0 Å². The maximum Gasteiger partial charge on any atom is 0.180 e. The van der Waals surface area contributed by atoms with E-state index in [0.717, 1.165) is 72.3 Å². The molecule has 0 unspecified atom stereocenters. The third-order valence-electron chi connectivity index (χ3n) is 9.80. The van der Waals surface area contributed by atoms with E-state index in [2.05, 4.69) is 84.9 Å². The van der Waals surface area contributed by atoms with Crippen molar-refractivity contribution in [3.05, 3.63) is 188 Å². The first kappa shape index (κ1) is 32.1. The van der Waals surface area contributed by atoms with Gasteiger partial charge in [-0.25, -0.2) is 24.9 Å². The first-order valence-corrected chi connectivity index (χ1v) is 18.2. The Hall–Kier alpha value is -7.57. The second-order valence-electron chi connectivity index (χ2n) is 13.3. The maximum absolute atomic E-state index is 6.28. The minimum absolute atomic E-state index is 0.637. The number of para-hydroxylation sites is 1. The molecule has 6 nitrogen and oxygen atoms in total. The third-order valence-corrected chi connectivity index (χ3v) is 9.80. The average molecular weight is 706 g/mol. The van der Waals surface area contributed by atoms with Crippen molar-refractivity contribution in [2.75, 3.05) is 0 Å². The molecular formula is C49H31N5O. The van der Waals surface area contributed by atoms with E-state index in [9.17, 15) is 0 Å². The van der Waals surface area contributed by atoms with Gasteiger partial charge in [0.15, 0.2) is 28.9 Å². The lowest BCUT2D eigenvalue weighted by Gasteiger charge is -2.10. The van der Waals surface area contributed by atoms with Crippen LogP contribution in [0.5, 0.6) is 0 Å². The van der Waals surface area contributed by atoms with Gasteiger partial charge in [-0.15, -0.1) is 0 Å². The SMILES string of the molecule is c1ccc(-c2nc(-c3ccccc3)nc(-c3ccc(-c4ccc(-c5ccc(-c6nc(-c7ccccc7)c7oc8ccccc8c7n6)cc5)cc4)cc3)n2)cc1. The second-order valence-corrected chi connectivity index (χ2v) is 13.3. The average Bonchev–Trinajstić information content (AvgIpc) is 3.66. The van der Waals surface area contributed by atoms with Crippen LogP contribution in [0.2, 0.25) is 0 Å². The molecule has 10 rings (SSSR count). The molecule has 0 atom stereocenters. The van der Waals surface area contributed by atoms with E-state index in [1.807, 2.05) is 103 Å². The highest BCUT2D eigenvalue weighted by atomic mass is 16.3. The van der Waals surface area contributed by atoms with Gasteiger partial charge in [0.05, 0.1) is 0 Å². The molecule has 6 heteroatoms. The lowest BCUT2D eigenvalue weighted by atomic mass is 9.99. The highest BCUT2D eigenvalue weighted by Gasteiger charge is 2.18. The number of hydrogen-bond acceptors (Lipinski definition) is 6. The zero-order valence-electron chi connectivity index (χ0n) is 29.5. The number of nitrogens with zero attached hydrogens (tertiary/aromatic N) is 5. The molecule has 0 N–H and O–H groups in total. The van der Waals surface area contributed by atoms with Crippen molar-refractivity contribution in [1.82, 2.24) is 24.9 Å². The summed E-state index contributed by atoms with van der Waals surface area (Å²) in [5.74, 6) is 2.59. The summed E-state index contributed by atoms with van der Waals surface area (Å²) in [5, 5.41) is 0.977. The summed E-state index contributed by atoms with van der Waals surface area (Å²) < 4.78 is 6.28. The van der Waals surface area contributed by atoms with E-state index < -0.39 is 0 Å². The van der Waals surface area contributed by atoms with Gasteiger partial charge < -0.3 is 4.42 Å². The standard InChI is InChI=1S/C49H31N5O/c1-4-12-36(13-5-1)43-45-44(41-18-10-11-19-42(41)55-45)51-46(50-43)39-28-24-34(25-29-39)32-20-22-33(23-21-32)35-26-30-40(31-27-35)49-53-47(37-14-6-2-7-15-37)52-48(54-49)38-16-8-3-9-17-38/h1-31H. The summed E-state index contributed by atoms with van der Waals surface area (Å²) in [5.41, 5.74) is 12.3. The van der Waals surface area contributed by atoms with Gasteiger partial charge in [0.25, 0.3) is 0 Å². The molecule has 0 fully saturated rings. The van der Waals surface area contributed by atoms with E-state index in [0.29, 0.717) is 28.9 Å². The van der Waals surface area contributed by atoms with Crippen molar-refractivity contribution in [1.29, 1.82) is 0 Å². The molecule has 0 bridgehead atoms. The van der Waals surface area contributed by atoms with Gasteiger partial charge in [0.1, 0.15) is 16.8 Å². The molecule has 0 saturated carbocycles. The Kier molecular flexibility index (Phi) is 8.04. The van der Waals surface area contributed by atoms with Crippen molar-refractivity contribution in [3.63, 3.8) is 0 Å². The predicted octanol–water partition coefficient (Wildman–Crippen LogP) is 12.2. The molecule has 7 aromatic carbocycles. The van der Waals surface area contributed by atoms with Gasteiger partial charge in [-0.2, -0.15) is 0 Å². The Labute approximate surface area is 317 Å². The lowest BCUT2D eigenvalue weighted by molar-refractivity contribution is 0.667. The number of fused-ring (bicyclic) bond motifs is 3. The Morgan fingerprint density at radius 2 is 0.618 bits per heavy atom. The Bertz CT molecular complexity index is 2870. The summed E-state index contributed by atoms with van der Waals surface area (Å²) in [4.78, 5) is 24.6. The predicted molar refractivity (Wildman–Crippen MR) is 221 cm³/mol. The number of aromatic nitrogens is 5. The summed E-state index contributed by atoms with van der Waals surface area (Å²) in [6.07, 6.45) is 0. The first-order chi connectivity index (χ1) is 27.2. The van der Waals surface area contributed by atoms with Gasteiger partial charge in [-0.05, 0) is 34.4 Å². The maximum atomic E-state index is 6.28. The van der Waals surface area contributed by atoms with Crippen LogP contribution in [0.3, 0.4) is 0 Å². The molecule has 55 heavy (non-hydrogen) atoms. The van der Waals surface area contributed by atoms with Gasteiger partial charge >= 0.3 is 0 Å². The molecule has 0 spiro atoms. The van der Waals surface area contributed by atoms with E-state index >= 15 is 0 Å². The molecule has 3 heterocycles. The first-order valence-electron chi connectivity index (χ1n) is 18.2. The van der Waals surface area contributed by atoms with Crippen LogP contribution in [0.15, 0.2) is 192 Å². The van der Waals surface area contributed by atoms with Crippen LogP contribution >= 0.6 is 0 Å². The molecule has 0 aliphatic rings. The van der Waals surface area contributed by atoms with Gasteiger partial charge in [-0.1, -0.05) is 176 Å². The van der Waals surface area contributed by atoms with Crippen molar-refractivity contribution in [3.8, 4) is 79.1 Å². The Balaban J connectivity index is 0.924. The van der Waals surface area contributed by atoms with Crippen LogP contribution in [-0.2, 0) is 0 Å². The molecule has 0 aliphatic heterocycles. The van der Waals surface area contributed by atoms with E-state index in [-0.39, 0.29) is 0 Å². The molecule has 10 aromatic rings. The minimum Gasteiger partial charge on any atom is -0.452 e. The monoisotopic (exact) mass is 705 g/mol. The number of furan rings is 1. The highest BCUT2D eigenvalue weighted by molar-refractivity contribution is 6.07. The van der Waals surface area contributed by atoms with Gasteiger partial charge in [0.2, 0.25) is 0 Å². The van der Waals surface area contributed by atoms with Crippen molar-refractivity contribution < 1.29 is 4.42 Å². The van der Waals surface area contributed by atoms with Crippen LogP contribution in [0.1, 0.15) is 0 Å². The van der Waals surface area contributed by atoms with E-state index in [4.69, 9.17) is 29.3 Å². The van der Waals surface area contributed by atoms with E-state index in [1.165, 1.54) is 0 Å². The fourth-order valence-corrected chi connectivity index (χ4v) is 6.93. The van der Waals surface area contributed by atoms with Crippen molar-refractivity contribution in [2.45, 2.75) is 0 Å². The summed E-state index contributed by atoms with van der Waals surface area (Å²) >= 11 is 0. The van der Waals surface area contributed by atoms with Crippen LogP contribution in [0.25, 0.3) is 101 Å². The lowest BCUT2D eigenvalue weighted by Crippen LogP contribution is -2.00. The smallest absolute Gasteiger partial charge is 0.180 e. The molecule has 258 valence electrons. The minimum atomic E-state index is 0.637. The second kappa shape index (κ2) is 13.8. The quantitative estimate of drug-likeness (QED) is 0.164. The summed E-state index contributed by atoms with van der Waals surface area (Å²) in [6, 6.07) is 63.7. The molecular weight excluding hydrogens is 675 g/mol. The normalized spacial score (nSPS) is 11.3. The number of hydrogen-bond donors (Lipinski definition) is 0. The highest BCUT2D eigenvalue weighted by Crippen LogP contribution is 2.36. The van der Waals surface area contributed by atoms with Gasteiger partial charge in [0, 0.05) is 33.2 Å². The number of rotatable bonds is 7. The fourth-order valence-electron chi connectivity index (χ4n) is 6.93. The molecule has 0 saturated heterocycles. The molecule has 0 amide bonds. The van der Waals surface area contributed by atoms with Crippen molar-refractivity contribution >= 4 is 22.1 Å². The molecule has 0 radical (unpaired) electrons. The largest absolute Gasteiger partial charge is 0.452 e. The zero-order valence-corrected chi connectivity index (χ0v) is 29.5. The van der Waals surface area contributed by atoms with Crippen LogP contribution in [0, 0.1) is 0 Å². The van der Waals surface area contributed by atoms with Gasteiger partial charge in [-0.3, -0.25) is 0 Å². The molecule has 3 aromatic heterocycles. The Morgan fingerprint density at radius 3 is 1.07 bits per heavy atom. The molecule has 0 aliphatic carbocycles. The van der Waals surface area contributed by atoms with Crippen molar-refractivity contribution in [2.24, 2.45) is 0 Å². The topological polar surface area (TPSA) is 77.6 Å². The van der Waals surface area contributed by atoms with Crippen LogP contribution in [-0.4, -0.2) is 24.9 Å². The summed E-state index contributed by atoms with van der Waals surface area (Å²) in [6.45, 7) is 0. The number of benzene rings is 7. The fraction of sp³-hybridized carbons (Fsp3) is 0. The van der Waals surface area contributed by atoms with E-state index in [1.54, 1.807) is 0 Å². The third kappa shape index (κ3) is 6.22. The zero-order chi connectivity index (χ0) is 36.6. The van der Waals surface area contributed by atoms with Crippen LogP contribution < -0.4 is 0 Å².